The molecule has 2 aromatic heterocycles. The molecule has 1 aliphatic rings. The second kappa shape index (κ2) is 4.82. The molecule has 0 saturated carbocycles. The molecule has 1 fully saturated rings. The molecule has 4 nitrogen and oxygen atoms in total. The number of fused-ring (bicyclic) bond motifs is 1. The molecule has 0 atom stereocenters. The van der Waals surface area contributed by atoms with Crippen LogP contribution in [0.3, 0.4) is 0 Å². The van der Waals surface area contributed by atoms with Gasteiger partial charge in [-0.15, -0.1) is 11.3 Å². The number of aromatic nitrogens is 2. The van der Waals surface area contributed by atoms with Crippen LogP contribution in [0, 0.1) is 6.92 Å². The van der Waals surface area contributed by atoms with Crippen molar-refractivity contribution < 1.29 is 0 Å². The molecule has 3 rings (SSSR count). The minimum absolute atomic E-state index is 0.895. The Morgan fingerprint density at radius 1 is 1.33 bits per heavy atom. The Kier molecular flexibility index (Phi) is 3.18. The number of anilines is 1. The fourth-order valence-electron chi connectivity index (χ4n) is 2.35. The summed E-state index contributed by atoms with van der Waals surface area (Å²) in [7, 11) is 0. The highest BCUT2D eigenvalue weighted by Gasteiger charge is 2.17. The monoisotopic (exact) mass is 262 g/mol. The molecule has 2 aromatic rings. The van der Waals surface area contributed by atoms with Crippen LogP contribution in [0.15, 0.2) is 6.07 Å². The molecule has 0 amide bonds. The van der Waals surface area contributed by atoms with E-state index in [4.69, 9.17) is 4.98 Å². The van der Waals surface area contributed by atoms with Gasteiger partial charge in [0.05, 0.1) is 5.39 Å². The Morgan fingerprint density at radius 3 is 2.83 bits per heavy atom. The van der Waals surface area contributed by atoms with Crippen LogP contribution in [0.2, 0.25) is 0 Å². The second-order valence-corrected chi connectivity index (χ2v) is 5.86. The van der Waals surface area contributed by atoms with Crippen LogP contribution in [0.4, 0.5) is 5.82 Å². The highest BCUT2D eigenvalue weighted by atomic mass is 32.1. The van der Waals surface area contributed by atoms with Gasteiger partial charge in [0, 0.05) is 37.5 Å². The Morgan fingerprint density at radius 2 is 2.11 bits per heavy atom. The molecule has 0 bridgehead atoms. The molecule has 0 radical (unpaired) electrons. The van der Waals surface area contributed by atoms with Crippen LogP contribution >= 0.6 is 11.3 Å². The van der Waals surface area contributed by atoms with Gasteiger partial charge >= 0.3 is 0 Å². The lowest BCUT2D eigenvalue weighted by Gasteiger charge is -2.29. The van der Waals surface area contributed by atoms with Gasteiger partial charge in [0.2, 0.25) is 0 Å². The SMILES string of the molecule is CCc1nc(N2CCNCC2)c2cc(C)sc2n1. The van der Waals surface area contributed by atoms with Crippen molar-refractivity contribution in [1.82, 2.24) is 15.3 Å². The number of nitrogens with zero attached hydrogens (tertiary/aromatic N) is 3. The first kappa shape index (κ1) is 11.9. The average Bonchev–Trinajstić information content (AvgIpc) is 2.78. The van der Waals surface area contributed by atoms with E-state index in [1.54, 1.807) is 11.3 Å². The van der Waals surface area contributed by atoms with Gasteiger partial charge in [-0.2, -0.15) is 0 Å². The number of thiophene rings is 1. The molecule has 0 spiro atoms. The zero-order valence-corrected chi connectivity index (χ0v) is 11.7. The van der Waals surface area contributed by atoms with Crippen molar-refractivity contribution in [3.05, 3.63) is 16.8 Å². The van der Waals surface area contributed by atoms with E-state index in [-0.39, 0.29) is 0 Å². The van der Waals surface area contributed by atoms with E-state index in [1.165, 1.54) is 10.3 Å². The Balaban J connectivity index is 2.12. The average molecular weight is 262 g/mol. The molecule has 96 valence electrons. The van der Waals surface area contributed by atoms with E-state index in [0.717, 1.165) is 49.1 Å². The number of hydrogen-bond acceptors (Lipinski definition) is 5. The first-order chi connectivity index (χ1) is 8.78. The van der Waals surface area contributed by atoms with Gasteiger partial charge in [-0.3, -0.25) is 0 Å². The van der Waals surface area contributed by atoms with Gasteiger partial charge in [-0.25, -0.2) is 9.97 Å². The van der Waals surface area contributed by atoms with Crippen molar-refractivity contribution in [3.8, 4) is 0 Å². The molecule has 18 heavy (non-hydrogen) atoms. The maximum Gasteiger partial charge on any atom is 0.141 e. The van der Waals surface area contributed by atoms with Gasteiger partial charge < -0.3 is 10.2 Å². The van der Waals surface area contributed by atoms with Crippen molar-refractivity contribution in [2.45, 2.75) is 20.3 Å². The summed E-state index contributed by atoms with van der Waals surface area (Å²) in [5.41, 5.74) is 0. The topological polar surface area (TPSA) is 41.1 Å². The third-order valence-corrected chi connectivity index (χ3v) is 4.22. The standard InChI is InChI=1S/C13H18N4S/c1-3-11-15-12(17-6-4-14-5-7-17)10-8-9(2)18-13(10)16-11/h8,14H,3-7H2,1-2H3. The highest BCUT2D eigenvalue weighted by Crippen LogP contribution is 2.30. The largest absolute Gasteiger partial charge is 0.353 e. The number of piperazine rings is 1. The highest BCUT2D eigenvalue weighted by molar-refractivity contribution is 7.18. The van der Waals surface area contributed by atoms with Crippen LogP contribution in [-0.2, 0) is 6.42 Å². The Bertz CT molecular complexity index is 557. The maximum atomic E-state index is 4.75. The zero-order chi connectivity index (χ0) is 12.5. The van der Waals surface area contributed by atoms with E-state index >= 15 is 0 Å². The first-order valence-corrected chi connectivity index (χ1v) is 7.32. The summed E-state index contributed by atoms with van der Waals surface area (Å²) < 4.78 is 0. The van der Waals surface area contributed by atoms with E-state index < -0.39 is 0 Å². The van der Waals surface area contributed by atoms with Crippen molar-refractivity contribution >= 4 is 27.4 Å². The van der Waals surface area contributed by atoms with Crippen molar-refractivity contribution in [1.29, 1.82) is 0 Å². The number of aryl methyl sites for hydroxylation is 2. The summed E-state index contributed by atoms with van der Waals surface area (Å²) in [5.74, 6) is 2.08. The van der Waals surface area contributed by atoms with Crippen molar-refractivity contribution in [3.63, 3.8) is 0 Å². The molecule has 0 aliphatic carbocycles. The summed E-state index contributed by atoms with van der Waals surface area (Å²) in [5, 5.41) is 4.60. The lowest BCUT2D eigenvalue weighted by molar-refractivity contribution is 0.585. The van der Waals surface area contributed by atoms with Gasteiger partial charge in [0.25, 0.3) is 0 Å². The molecule has 0 unspecified atom stereocenters. The zero-order valence-electron chi connectivity index (χ0n) is 10.9. The summed E-state index contributed by atoms with van der Waals surface area (Å²) in [6.45, 7) is 8.39. The molecule has 5 heteroatoms. The van der Waals surface area contributed by atoms with Gasteiger partial charge in [-0.1, -0.05) is 6.92 Å². The van der Waals surface area contributed by atoms with Crippen LogP contribution in [0.5, 0.6) is 0 Å². The summed E-state index contributed by atoms with van der Waals surface area (Å²) >= 11 is 1.77. The van der Waals surface area contributed by atoms with Crippen LogP contribution in [0.25, 0.3) is 10.2 Å². The summed E-state index contributed by atoms with van der Waals surface area (Å²) in [4.78, 5) is 14.2. The number of hydrogen-bond donors (Lipinski definition) is 1. The van der Waals surface area contributed by atoms with E-state index in [1.807, 2.05) is 0 Å². The van der Waals surface area contributed by atoms with E-state index in [2.05, 4.69) is 35.1 Å². The van der Waals surface area contributed by atoms with Crippen LogP contribution < -0.4 is 10.2 Å². The summed E-state index contributed by atoms with van der Waals surface area (Å²) in [6.07, 6.45) is 0.895. The van der Waals surface area contributed by atoms with E-state index in [9.17, 15) is 0 Å². The third kappa shape index (κ3) is 2.08. The smallest absolute Gasteiger partial charge is 0.141 e. The molecule has 3 heterocycles. The maximum absolute atomic E-state index is 4.75. The number of rotatable bonds is 2. The fraction of sp³-hybridized carbons (Fsp3) is 0.538. The molecule has 1 N–H and O–H groups in total. The Hall–Kier alpha value is -1.20. The molecule has 0 aromatic carbocycles. The predicted molar refractivity (Wildman–Crippen MR) is 76.6 cm³/mol. The lowest BCUT2D eigenvalue weighted by Crippen LogP contribution is -2.44. The Labute approximate surface area is 111 Å². The minimum atomic E-state index is 0.895. The normalized spacial score (nSPS) is 16.4. The quantitative estimate of drug-likeness (QED) is 0.898. The minimum Gasteiger partial charge on any atom is -0.353 e. The van der Waals surface area contributed by atoms with Gasteiger partial charge in [0.1, 0.15) is 16.5 Å². The van der Waals surface area contributed by atoms with Crippen molar-refractivity contribution in [2.24, 2.45) is 0 Å². The van der Waals surface area contributed by atoms with Crippen molar-refractivity contribution in [2.75, 3.05) is 31.1 Å². The third-order valence-electron chi connectivity index (χ3n) is 3.27. The number of nitrogens with one attached hydrogen (secondary N) is 1. The van der Waals surface area contributed by atoms with Crippen LogP contribution in [0.1, 0.15) is 17.6 Å². The second-order valence-electron chi connectivity index (χ2n) is 4.63. The summed E-state index contributed by atoms with van der Waals surface area (Å²) in [6, 6.07) is 2.22. The lowest BCUT2D eigenvalue weighted by atomic mass is 10.2. The molecular weight excluding hydrogens is 244 g/mol. The molecule has 1 aliphatic heterocycles. The van der Waals surface area contributed by atoms with E-state index in [0.29, 0.717) is 0 Å². The predicted octanol–water partition coefficient (Wildman–Crippen LogP) is 1.97. The van der Waals surface area contributed by atoms with Gasteiger partial charge in [0.15, 0.2) is 0 Å². The fourth-order valence-corrected chi connectivity index (χ4v) is 3.24. The molecular formula is C13H18N4S. The van der Waals surface area contributed by atoms with Gasteiger partial charge in [-0.05, 0) is 13.0 Å². The van der Waals surface area contributed by atoms with Crippen LogP contribution in [-0.4, -0.2) is 36.1 Å². The molecule has 1 saturated heterocycles. The first-order valence-electron chi connectivity index (χ1n) is 6.50.